The molecule has 1 atom stereocenters. The number of nitrogens with one attached hydrogen (secondary N) is 2. The van der Waals surface area contributed by atoms with Crippen LogP contribution in [0.4, 0.5) is 11.8 Å². The van der Waals surface area contributed by atoms with Crippen LogP contribution < -0.4 is 20.1 Å². The van der Waals surface area contributed by atoms with Crippen LogP contribution in [0.3, 0.4) is 0 Å². The predicted octanol–water partition coefficient (Wildman–Crippen LogP) is 4.50. The van der Waals surface area contributed by atoms with E-state index in [9.17, 15) is 9.90 Å². The molecule has 1 unspecified atom stereocenters. The van der Waals surface area contributed by atoms with Crippen molar-refractivity contribution >= 4 is 17.7 Å². The van der Waals surface area contributed by atoms with E-state index in [4.69, 9.17) is 14.6 Å². The van der Waals surface area contributed by atoms with Crippen molar-refractivity contribution in [3.8, 4) is 11.5 Å². The zero-order valence-corrected chi connectivity index (χ0v) is 22.5. The average Bonchev–Trinajstić information content (AvgIpc) is 3.38. The largest absolute Gasteiger partial charge is 0.490 e. The van der Waals surface area contributed by atoms with Crippen LogP contribution in [0.25, 0.3) is 0 Å². The molecule has 0 spiro atoms. The summed E-state index contributed by atoms with van der Waals surface area (Å²) in [5.74, 6) is 2.40. The minimum absolute atomic E-state index is 0.0396. The Hall–Kier alpha value is -4.70. The molecule has 3 N–H and O–H groups in total. The van der Waals surface area contributed by atoms with Gasteiger partial charge in [0.15, 0.2) is 17.3 Å². The van der Waals surface area contributed by atoms with Gasteiger partial charge in [0.1, 0.15) is 18.5 Å². The predicted molar refractivity (Wildman–Crippen MR) is 151 cm³/mol. The summed E-state index contributed by atoms with van der Waals surface area (Å²) in [5.41, 5.74) is 2.94. The molecule has 1 aliphatic heterocycles. The maximum Gasteiger partial charge on any atom is 0.257 e. The number of hydrogen-bond donors (Lipinski definition) is 3. The Kier molecular flexibility index (Phi) is 8.36. The van der Waals surface area contributed by atoms with E-state index in [1.807, 2.05) is 68.4 Å². The van der Waals surface area contributed by atoms with Crippen molar-refractivity contribution in [2.24, 2.45) is 0 Å². The third kappa shape index (κ3) is 5.97. The van der Waals surface area contributed by atoms with Gasteiger partial charge in [-0.15, -0.1) is 0 Å². The smallest absolute Gasteiger partial charge is 0.257 e. The molecule has 0 aliphatic carbocycles. The number of anilines is 2. The summed E-state index contributed by atoms with van der Waals surface area (Å²) in [6.07, 6.45) is 2.67. The van der Waals surface area contributed by atoms with Gasteiger partial charge in [-0.1, -0.05) is 42.5 Å². The van der Waals surface area contributed by atoms with Gasteiger partial charge in [-0.2, -0.15) is 10.1 Å². The van der Waals surface area contributed by atoms with Gasteiger partial charge in [-0.25, -0.2) is 9.67 Å². The number of benzene rings is 2. The van der Waals surface area contributed by atoms with Crippen LogP contribution >= 0.6 is 0 Å². The highest BCUT2D eigenvalue weighted by molar-refractivity contribution is 6.05. The Morgan fingerprint density at radius 3 is 2.65 bits per heavy atom. The molecule has 4 aromatic rings. The number of amides is 1. The molecule has 5 rings (SSSR count). The number of carbonyl (C=O) groups is 1. The van der Waals surface area contributed by atoms with E-state index in [0.717, 1.165) is 11.1 Å². The van der Waals surface area contributed by atoms with Gasteiger partial charge < -0.3 is 25.2 Å². The van der Waals surface area contributed by atoms with Crippen molar-refractivity contribution < 1.29 is 19.4 Å². The Bertz CT molecular complexity index is 1490. The van der Waals surface area contributed by atoms with Gasteiger partial charge >= 0.3 is 0 Å². The standard InChI is InChI=1S/C30H32N6O4/c1-3-39-24-18-22(14-15-23(24)40-19-21-10-5-4-6-11-21)28-27(29(38)33-25-12-7-8-16-31-25)20(2)32-30-34-26(13-9-17-37)35-36(28)30/h4-8,10-12,14-16,18,28,37H,3,9,13,17,19H2,1-2H3,(H,31,33,38)(H,32,34,35). The van der Waals surface area contributed by atoms with Crippen LogP contribution in [-0.2, 0) is 17.8 Å². The molecule has 206 valence electrons. The summed E-state index contributed by atoms with van der Waals surface area (Å²) in [4.78, 5) is 22.6. The molecule has 10 nitrogen and oxygen atoms in total. The summed E-state index contributed by atoms with van der Waals surface area (Å²) in [6, 6.07) is 20.3. The van der Waals surface area contributed by atoms with Crippen molar-refractivity contribution in [2.45, 2.75) is 39.3 Å². The van der Waals surface area contributed by atoms with E-state index >= 15 is 0 Å². The summed E-state index contributed by atoms with van der Waals surface area (Å²) in [5, 5.41) is 20.2. The molecule has 0 radical (unpaired) electrons. The number of pyridine rings is 1. The Labute approximate surface area is 232 Å². The summed E-state index contributed by atoms with van der Waals surface area (Å²) < 4.78 is 13.8. The summed E-state index contributed by atoms with van der Waals surface area (Å²) in [7, 11) is 0. The second-order valence-corrected chi connectivity index (χ2v) is 9.27. The SMILES string of the molecule is CCOc1cc(C2C(C(=O)Nc3ccccn3)=C(C)Nc3nc(CCCO)nn32)ccc1OCc1ccccc1. The molecule has 0 fully saturated rings. The van der Waals surface area contributed by atoms with Crippen molar-refractivity contribution in [3.05, 3.63) is 101 Å². The maximum atomic E-state index is 13.7. The van der Waals surface area contributed by atoms with Crippen LogP contribution in [0.2, 0.25) is 0 Å². The van der Waals surface area contributed by atoms with E-state index in [1.165, 1.54) is 0 Å². The lowest BCUT2D eigenvalue weighted by Crippen LogP contribution is -2.31. The normalized spacial score (nSPS) is 14.3. The van der Waals surface area contributed by atoms with E-state index in [1.54, 1.807) is 23.0 Å². The molecule has 0 bridgehead atoms. The first-order valence-electron chi connectivity index (χ1n) is 13.3. The lowest BCUT2D eigenvalue weighted by molar-refractivity contribution is -0.113. The fraction of sp³-hybridized carbons (Fsp3) is 0.267. The van der Waals surface area contributed by atoms with E-state index in [2.05, 4.69) is 20.6 Å². The number of aromatic nitrogens is 4. The average molecular weight is 541 g/mol. The van der Waals surface area contributed by atoms with Crippen LogP contribution in [0.1, 0.15) is 43.3 Å². The lowest BCUT2D eigenvalue weighted by Gasteiger charge is -2.29. The van der Waals surface area contributed by atoms with Gasteiger partial charge in [-0.3, -0.25) is 4.79 Å². The third-order valence-electron chi connectivity index (χ3n) is 6.43. The summed E-state index contributed by atoms with van der Waals surface area (Å²) in [6.45, 7) is 4.63. The fourth-order valence-corrected chi connectivity index (χ4v) is 4.58. The minimum Gasteiger partial charge on any atom is -0.490 e. The maximum absolute atomic E-state index is 13.7. The number of carbonyl (C=O) groups excluding carboxylic acids is 1. The Morgan fingerprint density at radius 2 is 1.90 bits per heavy atom. The van der Waals surface area contributed by atoms with E-state index in [-0.39, 0.29) is 12.5 Å². The number of aryl methyl sites for hydroxylation is 1. The van der Waals surface area contributed by atoms with Crippen LogP contribution in [0.15, 0.2) is 84.2 Å². The molecule has 0 saturated carbocycles. The number of hydrogen-bond acceptors (Lipinski definition) is 8. The quantitative estimate of drug-likeness (QED) is 0.254. The second kappa shape index (κ2) is 12.4. The fourth-order valence-electron chi connectivity index (χ4n) is 4.58. The van der Waals surface area contributed by atoms with Crippen LogP contribution in [-0.4, -0.2) is 44.0 Å². The number of ether oxygens (including phenoxy) is 2. The minimum atomic E-state index is -0.599. The second-order valence-electron chi connectivity index (χ2n) is 9.27. The Morgan fingerprint density at radius 1 is 1.07 bits per heavy atom. The van der Waals surface area contributed by atoms with Crippen molar-refractivity contribution in [2.75, 3.05) is 23.8 Å². The van der Waals surface area contributed by atoms with Gasteiger partial charge in [0.05, 0.1) is 12.2 Å². The number of rotatable bonds is 11. The highest BCUT2D eigenvalue weighted by Crippen LogP contribution is 2.39. The van der Waals surface area contributed by atoms with Crippen molar-refractivity contribution in [1.82, 2.24) is 19.7 Å². The number of aliphatic hydroxyl groups is 1. The number of nitrogens with zero attached hydrogens (tertiary/aromatic N) is 4. The topological polar surface area (TPSA) is 123 Å². The van der Waals surface area contributed by atoms with E-state index < -0.39 is 6.04 Å². The zero-order chi connectivity index (χ0) is 27.9. The first-order valence-corrected chi connectivity index (χ1v) is 13.3. The highest BCUT2D eigenvalue weighted by Gasteiger charge is 2.35. The first kappa shape index (κ1) is 26.9. The Balaban J connectivity index is 1.53. The third-order valence-corrected chi connectivity index (χ3v) is 6.43. The molecule has 0 saturated heterocycles. The van der Waals surface area contributed by atoms with Crippen LogP contribution in [0.5, 0.6) is 11.5 Å². The van der Waals surface area contributed by atoms with Gasteiger partial charge in [-0.05, 0) is 55.7 Å². The molecule has 1 aliphatic rings. The van der Waals surface area contributed by atoms with Gasteiger partial charge in [0.25, 0.3) is 5.91 Å². The molecule has 3 heterocycles. The number of allylic oxidation sites excluding steroid dienone is 1. The van der Waals surface area contributed by atoms with Crippen molar-refractivity contribution in [1.29, 1.82) is 0 Å². The van der Waals surface area contributed by atoms with E-state index in [0.29, 0.717) is 66.4 Å². The van der Waals surface area contributed by atoms with Crippen molar-refractivity contribution in [3.63, 3.8) is 0 Å². The monoisotopic (exact) mass is 540 g/mol. The number of aliphatic hydroxyl groups excluding tert-OH is 1. The highest BCUT2D eigenvalue weighted by atomic mass is 16.5. The molecule has 2 aromatic carbocycles. The molecule has 2 aromatic heterocycles. The molecular formula is C30H32N6O4. The van der Waals surface area contributed by atoms with Gasteiger partial charge in [0, 0.05) is 24.9 Å². The molecule has 1 amide bonds. The lowest BCUT2D eigenvalue weighted by atomic mass is 9.94. The summed E-state index contributed by atoms with van der Waals surface area (Å²) >= 11 is 0. The zero-order valence-electron chi connectivity index (χ0n) is 22.5. The first-order chi connectivity index (χ1) is 19.6. The molecule has 40 heavy (non-hydrogen) atoms. The number of fused-ring (bicyclic) bond motifs is 1. The molecule has 10 heteroatoms. The van der Waals surface area contributed by atoms with Crippen LogP contribution in [0, 0.1) is 0 Å². The molecular weight excluding hydrogens is 508 g/mol. The van der Waals surface area contributed by atoms with Gasteiger partial charge in [0.2, 0.25) is 5.95 Å².